The predicted molar refractivity (Wildman–Crippen MR) is 61.0 cm³/mol. The molecule has 0 nitrogen and oxygen atoms in total. The number of fused-ring (bicyclic) bond motifs is 1. The van der Waals surface area contributed by atoms with Crippen LogP contribution in [0, 0.1) is 6.92 Å². The van der Waals surface area contributed by atoms with Crippen LogP contribution in [0.5, 0.6) is 0 Å². The van der Waals surface area contributed by atoms with E-state index in [1.54, 1.807) is 11.3 Å². The first kappa shape index (κ1) is 9.04. The largest absolute Gasteiger partial charge is 0.123 e. The zero-order chi connectivity index (χ0) is 9.42. The van der Waals surface area contributed by atoms with Gasteiger partial charge in [-0.2, -0.15) is 0 Å². The highest BCUT2D eigenvalue weighted by molar-refractivity contribution is 7.22. The third kappa shape index (κ3) is 1.47. The van der Waals surface area contributed by atoms with Crippen molar-refractivity contribution in [3.05, 3.63) is 33.7 Å². The van der Waals surface area contributed by atoms with Crippen molar-refractivity contribution in [2.45, 2.75) is 20.3 Å². The van der Waals surface area contributed by atoms with Crippen LogP contribution in [-0.2, 0) is 6.42 Å². The lowest BCUT2D eigenvalue weighted by Gasteiger charge is -2.00. The van der Waals surface area contributed by atoms with Gasteiger partial charge in [0.1, 0.15) is 0 Å². The van der Waals surface area contributed by atoms with Gasteiger partial charge in [0.25, 0.3) is 0 Å². The van der Waals surface area contributed by atoms with Gasteiger partial charge in [-0.1, -0.05) is 30.7 Å². The van der Waals surface area contributed by atoms with Crippen molar-refractivity contribution in [2.24, 2.45) is 0 Å². The summed E-state index contributed by atoms with van der Waals surface area (Å²) in [5, 5.41) is 1.31. The van der Waals surface area contributed by atoms with Gasteiger partial charge >= 0.3 is 0 Å². The maximum atomic E-state index is 6.00. The molecule has 2 aromatic rings. The van der Waals surface area contributed by atoms with E-state index in [1.807, 2.05) is 0 Å². The molecule has 0 saturated carbocycles. The van der Waals surface area contributed by atoms with E-state index < -0.39 is 0 Å². The summed E-state index contributed by atoms with van der Waals surface area (Å²) in [6.07, 6.45) is 1.08. The van der Waals surface area contributed by atoms with Gasteiger partial charge in [-0.05, 0) is 35.9 Å². The fraction of sp³-hybridized carbons (Fsp3) is 0.273. The quantitative estimate of drug-likeness (QED) is 0.654. The van der Waals surface area contributed by atoms with Crippen molar-refractivity contribution in [3.63, 3.8) is 0 Å². The Bertz CT molecular complexity index is 443. The molecule has 68 valence electrons. The Morgan fingerprint density at radius 2 is 2.15 bits per heavy atom. The number of thiophene rings is 1. The number of rotatable bonds is 1. The van der Waals surface area contributed by atoms with Crippen molar-refractivity contribution in [3.8, 4) is 0 Å². The van der Waals surface area contributed by atoms with Crippen LogP contribution in [0.3, 0.4) is 0 Å². The fourth-order valence-electron chi connectivity index (χ4n) is 1.56. The molecule has 0 radical (unpaired) electrons. The first-order valence-electron chi connectivity index (χ1n) is 4.40. The Morgan fingerprint density at radius 3 is 2.85 bits per heavy atom. The molecule has 0 saturated heterocycles. The standard InChI is InChI=1S/C11H11ClS/c1-3-8-5-4-7(2)9-6-10(12)13-11(8)9/h4-6H,3H2,1-2H3. The van der Waals surface area contributed by atoms with E-state index in [9.17, 15) is 0 Å². The highest BCUT2D eigenvalue weighted by atomic mass is 35.5. The number of hydrogen-bond acceptors (Lipinski definition) is 1. The van der Waals surface area contributed by atoms with E-state index >= 15 is 0 Å². The molecule has 1 heterocycles. The Morgan fingerprint density at radius 1 is 1.38 bits per heavy atom. The summed E-state index contributed by atoms with van der Waals surface area (Å²) in [6, 6.07) is 6.44. The third-order valence-corrected chi connectivity index (χ3v) is 3.67. The van der Waals surface area contributed by atoms with E-state index in [4.69, 9.17) is 11.6 Å². The van der Waals surface area contributed by atoms with Crippen LogP contribution in [0.1, 0.15) is 18.1 Å². The molecule has 0 amide bonds. The van der Waals surface area contributed by atoms with Crippen molar-refractivity contribution in [1.82, 2.24) is 0 Å². The normalized spacial score (nSPS) is 11.0. The second-order valence-electron chi connectivity index (χ2n) is 3.19. The monoisotopic (exact) mass is 210 g/mol. The van der Waals surface area contributed by atoms with Gasteiger partial charge < -0.3 is 0 Å². The first-order chi connectivity index (χ1) is 6.22. The molecule has 0 aliphatic heterocycles. The second kappa shape index (κ2) is 3.32. The maximum Gasteiger partial charge on any atom is 0.0941 e. The van der Waals surface area contributed by atoms with Crippen LogP contribution < -0.4 is 0 Å². The zero-order valence-corrected chi connectivity index (χ0v) is 9.30. The average molecular weight is 211 g/mol. The molecule has 0 bridgehead atoms. The fourth-order valence-corrected chi connectivity index (χ4v) is 2.95. The van der Waals surface area contributed by atoms with Gasteiger partial charge in [0.15, 0.2) is 0 Å². The number of hydrogen-bond donors (Lipinski definition) is 0. The lowest BCUT2D eigenvalue weighted by atomic mass is 10.1. The van der Waals surface area contributed by atoms with Gasteiger partial charge in [-0.15, -0.1) is 11.3 Å². The molecule has 0 spiro atoms. The Kier molecular flexibility index (Phi) is 2.31. The summed E-state index contributed by atoms with van der Waals surface area (Å²) in [5.74, 6) is 0. The van der Waals surface area contributed by atoms with E-state index in [0.29, 0.717) is 0 Å². The molecule has 13 heavy (non-hydrogen) atoms. The summed E-state index contributed by atoms with van der Waals surface area (Å²) in [6.45, 7) is 4.31. The van der Waals surface area contributed by atoms with Crippen molar-refractivity contribution in [2.75, 3.05) is 0 Å². The smallest absolute Gasteiger partial charge is 0.0941 e. The molecular weight excluding hydrogens is 200 g/mol. The van der Waals surface area contributed by atoms with E-state index in [2.05, 4.69) is 32.0 Å². The van der Waals surface area contributed by atoms with E-state index in [-0.39, 0.29) is 0 Å². The Labute approximate surface area is 87.2 Å². The summed E-state index contributed by atoms with van der Waals surface area (Å²) in [5.41, 5.74) is 2.72. The van der Waals surface area contributed by atoms with Crippen LogP contribution in [0.15, 0.2) is 18.2 Å². The average Bonchev–Trinajstić information content (AvgIpc) is 2.48. The molecule has 0 unspecified atom stereocenters. The topological polar surface area (TPSA) is 0 Å². The molecule has 2 heteroatoms. The predicted octanol–water partition coefficient (Wildman–Crippen LogP) is 4.43. The molecule has 0 N–H and O–H groups in total. The van der Waals surface area contributed by atoms with Gasteiger partial charge in [0, 0.05) is 4.70 Å². The van der Waals surface area contributed by atoms with Crippen molar-refractivity contribution < 1.29 is 0 Å². The Balaban J connectivity index is 2.83. The van der Waals surface area contributed by atoms with Crippen LogP contribution in [-0.4, -0.2) is 0 Å². The molecule has 1 aromatic heterocycles. The summed E-state index contributed by atoms with van der Waals surface area (Å²) in [4.78, 5) is 0. The molecule has 0 aliphatic rings. The summed E-state index contributed by atoms with van der Waals surface area (Å²) >= 11 is 7.69. The van der Waals surface area contributed by atoms with Crippen LogP contribution in [0.2, 0.25) is 4.34 Å². The van der Waals surface area contributed by atoms with Gasteiger partial charge in [0.2, 0.25) is 0 Å². The van der Waals surface area contributed by atoms with E-state index in [1.165, 1.54) is 21.2 Å². The van der Waals surface area contributed by atoms with Gasteiger partial charge in [0.05, 0.1) is 4.34 Å². The number of aryl methyl sites for hydroxylation is 2. The molecular formula is C11H11ClS. The SMILES string of the molecule is CCc1ccc(C)c2cc(Cl)sc12. The zero-order valence-electron chi connectivity index (χ0n) is 7.73. The minimum absolute atomic E-state index is 0.888. The van der Waals surface area contributed by atoms with Crippen LogP contribution >= 0.6 is 22.9 Å². The second-order valence-corrected chi connectivity index (χ2v) is 4.87. The number of benzene rings is 1. The molecule has 2 rings (SSSR count). The maximum absolute atomic E-state index is 6.00. The van der Waals surface area contributed by atoms with E-state index in [0.717, 1.165) is 10.8 Å². The molecule has 0 atom stereocenters. The molecule has 0 aliphatic carbocycles. The molecule has 1 aromatic carbocycles. The van der Waals surface area contributed by atoms with Crippen molar-refractivity contribution >= 4 is 33.0 Å². The number of halogens is 1. The van der Waals surface area contributed by atoms with Crippen LogP contribution in [0.25, 0.3) is 10.1 Å². The summed E-state index contributed by atoms with van der Waals surface area (Å²) < 4.78 is 2.24. The van der Waals surface area contributed by atoms with Crippen molar-refractivity contribution in [1.29, 1.82) is 0 Å². The van der Waals surface area contributed by atoms with Gasteiger partial charge in [-0.25, -0.2) is 0 Å². The lowest BCUT2D eigenvalue weighted by Crippen LogP contribution is -1.81. The third-order valence-electron chi connectivity index (χ3n) is 2.33. The van der Waals surface area contributed by atoms with Crippen LogP contribution in [0.4, 0.5) is 0 Å². The van der Waals surface area contributed by atoms with Gasteiger partial charge in [-0.3, -0.25) is 0 Å². The Hall–Kier alpha value is -0.530. The minimum Gasteiger partial charge on any atom is -0.123 e. The first-order valence-corrected chi connectivity index (χ1v) is 5.59. The summed E-state index contributed by atoms with van der Waals surface area (Å²) in [7, 11) is 0. The lowest BCUT2D eigenvalue weighted by molar-refractivity contribution is 1.16. The molecule has 0 fully saturated rings. The minimum atomic E-state index is 0.888. The highest BCUT2D eigenvalue weighted by Gasteiger charge is 2.05. The highest BCUT2D eigenvalue weighted by Crippen LogP contribution is 2.34.